The Kier molecular flexibility index (Phi) is 7.22. The normalized spacial score (nSPS) is 11.4. The highest BCUT2D eigenvalue weighted by Gasteiger charge is 2.12. The van der Waals surface area contributed by atoms with Crippen LogP contribution in [0.1, 0.15) is 36.2 Å². The number of ether oxygens (including phenoxy) is 2. The first-order valence-electron chi connectivity index (χ1n) is 7.27. The van der Waals surface area contributed by atoms with E-state index in [0.29, 0.717) is 29.7 Å². The maximum absolute atomic E-state index is 11.6. The van der Waals surface area contributed by atoms with E-state index in [1.54, 1.807) is 18.2 Å². The Morgan fingerprint density at radius 3 is 2.68 bits per heavy atom. The standard InChI is InChI=1S/C16H25N3O3/c1-11(2)7-8-18-16(17)19-10-12-5-6-13(15(20)22-4)14(9-12)21-3/h5-6,9,11H,7-8,10H2,1-4H3,(H3,17,18,19). The Morgan fingerprint density at radius 1 is 1.36 bits per heavy atom. The number of methoxy groups -OCH3 is 2. The number of hydrogen-bond acceptors (Lipinski definition) is 4. The first kappa shape index (κ1) is 17.8. The van der Waals surface area contributed by atoms with Crippen LogP contribution in [-0.4, -0.2) is 32.7 Å². The number of nitrogens with one attached hydrogen (secondary N) is 1. The maximum Gasteiger partial charge on any atom is 0.341 e. The van der Waals surface area contributed by atoms with Crippen LogP contribution in [0.15, 0.2) is 23.2 Å². The second kappa shape index (κ2) is 8.92. The summed E-state index contributed by atoms with van der Waals surface area (Å²) in [6, 6.07) is 5.23. The predicted octanol–water partition coefficient (Wildman–Crippen LogP) is 1.93. The second-order valence-corrected chi connectivity index (χ2v) is 5.34. The Hall–Kier alpha value is -2.24. The van der Waals surface area contributed by atoms with Crippen LogP contribution in [0.2, 0.25) is 0 Å². The topological polar surface area (TPSA) is 85.9 Å². The third-order valence-corrected chi connectivity index (χ3v) is 3.13. The summed E-state index contributed by atoms with van der Waals surface area (Å²) >= 11 is 0. The predicted molar refractivity (Wildman–Crippen MR) is 87.1 cm³/mol. The smallest absolute Gasteiger partial charge is 0.341 e. The van der Waals surface area contributed by atoms with Gasteiger partial charge in [0, 0.05) is 6.54 Å². The molecular weight excluding hydrogens is 282 g/mol. The van der Waals surface area contributed by atoms with Gasteiger partial charge in [-0.1, -0.05) is 19.9 Å². The van der Waals surface area contributed by atoms with Crippen LogP contribution in [0.4, 0.5) is 0 Å². The molecule has 122 valence electrons. The number of benzene rings is 1. The molecule has 0 spiro atoms. The number of guanidine groups is 1. The van der Waals surface area contributed by atoms with E-state index in [1.165, 1.54) is 14.2 Å². The molecule has 0 saturated carbocycles. The highest BCUT2D eigenvalue weighted by molar-refractivity contribution is 5.92. The van der Waals surface area contributed by atoms with Gasteiger partial charge in [-0.15, -0.1) is 0 Å². The molecule has 6 heteroatoms. The molecule has 3 N–H and O–H groups in total. The lowest BCUT2D eigenvalue weighted by Gasteiger charge is -2.09. The van der Waals surface area contributed by atoms with Gasteiger partial charge in [0.05, 0.1) is 20.8 Å². The molecule has 0 unspecified atom stereocenters. The average Bonchev–Trinajstić information content (AvgIpc) is 2.51. The first-order valence-corrected chi connectivity index (χ1v) is 7.27. The van der Waals surface area contributed by atoms with Gasteiger partial charge in [-0.05, 0) is 30.0 Å². The summed E-state index contributed by atoms with van der Waals surface area (Å²) in [6.45, 7) is 5.53. The number of rotatable bonds is 7. The van der Waals surface area contributed by atoms with Gasteiger partial charge in [0.15, 0.2) is 5.96 Å². The number of carbonyl (C=O) groups is 1. The zero-order valence-corrected chi connectivity index (χ0v) is 13.7. The minimum atomic E-state index is -0.429. The van der Waals surface area contributed by atoms with E-state index in [9.17, 15) is 4.79 Å². The molecule has 0 atom stereocenters. The van der Waals surface area contributed by atoms with Crippen molar-refractivity contribution in [3.8, 4) is 5.75 Å². The zero-order chi connectivity index (χ0) is 16.5. The quantitative estimate of drug-likeness (QED) is 0.457. The van der Waals surface area contributed by atoms with E-state index >= 15 is 0 Å². The van der Waals surface area contributed by atoms with Crippen molar-refractivity contribution in [3.05, 3.63) is 29.3 Å². The number of nitrogens with zero attached hydrogens (tertiary/aromatic N) is 1. The molecule has 1 aromatic carbocycles. The van der Waals surface area contributed by atoms with Gasteiger partial charge in [-0.2, -0.15) is 0 Å². The number of carbonyl (C=O) groups excluding carboxylic acids is 1. The summed E-state index contributed by atoms with van der Waals surface area (Å²) in [5.74, 6) is 1.07. The number of aliphatic imine (C=N–C) groups is 1. The fraction of sp³-hybridized carbons (Fsp3) is 0.500. The Balaban J connectivity index is 2.68. The minimum Gasteiger partial charge on any atom is -0.496 e. The Bertz CT molecular complexity index is 527. The van der Waals surface area contributed by atoms with Crippen LogP contribution in [0.3, 0.4) is 0 Å². The highest BCUT2D eigenvalue weighted by Crippen LogP contribution is 2.21. The summed E-state index contributed by atoms with van der Waals surface area (Å²) in [7, 11) is 2.85. The molecule has 0 aliphatic carbocycles. The van der Waals surface area contributed by atoms with E-state index in [-0.39, 0.29) is 0 Å². The van der Waals surface area contributed by atoms with Crippen LogP contribution in [0.25, 0.3) is 0 Å². The van der Waals surface area contributed by atoms with Crippen molar-refractivity contribution < 1.29 is 14.3 Å². The summed E-state index contributed by atoms with van der Waals surface area (Å²) in [4.78, 5) is 15.9. The second-order valence-electron chi connectivity index (χ2n) is 5.34. The third kappa shape index (κ3) is 5.63. The fourth-order valence-electron chi connectivity index (χ4n) is 1.83. The molecule has 1 aromatic rings. The summed E-state index contributed by atoms with van der Waals surface area (Å²) < 4.78 is 9.91. The Morgan fingerprint density at radius 2 is 2.09 bits per heavy atom. The highest BCUT2D eigenvalue weighted by atomic mass is 16.5. The van der Waals surface area contributed by atoms with Gasteiger partial charge in [-0.3, -0.25) is 0 Å². The zero-order valence-electron chi connectivity index (χ0n) is 13.7. The van der Waals surface area contributed by atoms with Crippen molar-refractivity contribution in [1.29, 1.82) is 0 Å². The number of esters is 1. The van der Waals surface area contributed by atoms with Crippen molar-refractivity contribution in [3.63, 3.8) is 0 Å². The lowest BCUT2D eigenvalue weighted by Crippen LogP contribution is -2.32. The molecule has 0 aliphatic rings. The third-order valence-electron chi connectivity index (χ3n) is 3.13. The van der Waals surface area contributed by atoms with E-state index in [1.807, 2.05) is 0 Å². The molecule has 22 heavy (non-hydrogen) atoms. The molecular formula is C16H25N3O3. The average molecular weight is 307 g/mol. The van der Waals surface area contributed by atoms with E-state index in [4.69, 9.17) is 15.2 Å². The molecule has 0 fully saturated rings. The van der Waals surface area contributed by atoms with Crippen molar-refractivity contribution in [2.24, 2.45) is 16.6 Å². The van der Waals surface area contributed by atoms with Gasteiger partial charge in [0.25, 0.3) is 0 Å². The van der Waals surface area contributed by atoms with Crippen LogP contribution in [0.5, 0.6) is 5.75 Å². The number of nitrogens with two attached hydrogens (primary N) is 1. The van der Waals surface area contributed by atoms with Crippen LogP contribution < -0.4 is 15.8 Å². The van der Waals surface area contributed by atoms with E-state index in [2.05, 4.69) is 24.2 Å². The summed E-state index contributed by atoms with van der Waals surface area (Å²) in [5, 5.41) is 3.07. The summed E-state index contributed by atoms with van der Waals surface area (Å²) in [6.07, 6.45) is 1.04. The van der Waals surface area contributed by atoms with Gasteiger partial charge in [-0.25, -0.2) is 9.79 Å². The van der Waals surface area contributed by atoms with Crippen molar-refractivity contribution in [2.45, 2.75) is 26.8 Å². The van der Waals surface area contributed by atoms with Crippen molar-refractivity contribution >= 4 is 11.9 Å². The number of hydrogen-bond donors (Lipinski definition) is 2. The van der Waals surface area contributed by atoms with Crippen molar-refractivity contribution in [2.75, 3.05) is 20.8 Å². The lowest BCUT2D eigenvalue weighted by molar-refractivity contribution is 0.0597. The van der Waals surface area contributed by atoms with Gasteiger partial charge in [0.2, 0.25) is 0 Å². The van der Waals surface area contributed by atoms with Crippen LogP contribution in [0, 0.1) is 5.92 Å². The van der Waals surface area contributed by atoms with E-state index < -0.39 is 5.97 Å². The summed E-state index contributed by atoms with van der Waals surface area (Å²) in [5.41, 5.74) is 7.10. The van der Waals surface area contributed by atoms with Gasteiger partial charge in [0.1, 0.15) is 11.3 Å². The lowest BCUT2D eigenvalue weighted by atomic mass is 10.1. The molecule has 0 amide bonds. The molecule has 0 saturated heterocycles. The Labute approximate surface area is 131 Å². The molecule has 6 nitrogen and oxygen atoms in total. The molecule has 1 rings (SSSR count). The molecule has 0 bridgehead atoms. The van der Waals surface area contributed by atoms with Crippen LogP contribution >= 0.6 is 0 Å². The maximum atomic E-state index is 11.6. The molecule has 0 aliphatic heterocycles. The monoisotopic (exact) mass is 307 g/mol. The molecule has 0 radical (unpaired) electrons. The molecule has 0 heterocycles. The molecule has 0 aromatic heterocycles. The van der Waals surface area contributed by atoms with Crippen molar-refractivity contribution in [1.82, 2.24) is 5.32 Å². The van der Waals surface area contributed by atoms with Gasteiger partial charge < -0.3 is 20.5 Å². The van der Waals surface area contributed by atoms with Crippen LogP contribution in [-0.2, 0) is 11.3 Å². The SMILES string of the molecule is COC(=O)c1ccc(CN=C(N)NCCC(C)C)cc1OC. The minimum absolute atomic E-state index is 0.390. The van der Waals surface area contributed by atoms with Gasteiger partial charge >= 0.3 is 5.97 Å². The van der Waals surface area contributed by atoms with E-state index in [0.717, 1.165) is 18.5 Å². The first-order chi connectivity index (χ1) is 10.5. The fourth-order valence-corrected chi connectivity index (χ4v) is 1.83. The largest absolute Gasteiger partial charge is 0.496 e.